The number of ether oxygens (including phenoxy) is 1. The minimum absolute atomic E-state index is 0.643. The average molecular weight is 220 g/mol. The van der Waals surface area contributed by atoms with Crippen molar-refractivity contribution in [3.05, 3.63) is 29.0 Å². The maximum absolute atomic E-state index is 5.38. The van der Waals surface area contributed by atoms with E-state index in [9.17, 15) is 0 Å². The van der Waals surface area contributed by atoms with Gasteiger partial charge in [0.1, 0.15) is 12.4 Å². The van der Waals surface area contributed by atoms with E-state index in [0.717, 1.165) is 19.0 Å². The molecule has 0 amide bonds. The molecule has 4 heteroatoms. The van der Waals surface area contributed by atoms with E-state index in [1.807, 2.05) is 6.20 Å². The largest absolute Gasteiger partial charge is 0.372 e. The number of fused-ring (bicyclic) bond motifs is 1. The maximum atomic E-state index is 5.38. The number of aryl methyl sites for hydroxylation is 1. The van der Waals surface area contributed by atoms with E-state index in [2.05, 4.69) is 27.9 Å². The molecule has 78 valence electrons. The van der Waals surface area contributed by atoms with Crippen molar-refractivity contribution in [3.8, 4) is 10.6 Å². The van der Waals surface area contributed by atoms with E-state index in [1.165, 1.54) is 16.1 Å². The summed E-state index contributed by atoms with van der Waals surface area (Å²) in [6.45, 7) is 4.50. The van der Waals surface area contributed by atoms with E-state index in [1.54, 1.807) is 11.3 Å². The van der Waals surface area contributed by atoms with Crippen molar-refractivity contribution in [2.24, 2.45) is 0 Å². The number of thiophene rings is 1. The van der Waals surface area contributed by atoms with Gasteiger partial charge in [-0.3, -0.25) is 0 Å². The van der Waals surface area contributed by atoms with Crippen LogP contribution >= 0.6 is 11.3 Å². The summed E-state index contributed by atoms with van der Waals surface area (Å²) < 4.78 is 7.64. The lowest BCUT2D eigenvalue weighted by atomic mass is 10.2. The van der Waals surface area contributed by atoms with Gasteiger partial charge in [-0.1, -0.05) is 0 Å². The van der Waals surface area contributed by atoms with Gasteiger partial charge in [-0.25, -0.2) is 4.98 Å². The number of hydrogen-bond acceptors (Lipinski definition) is 3. The van der Waals surface area contributed by atoms with Crippen molar-refractivity contribution in [1.29, 1.82) is 0 Å². The minimum atomic E-state index is 0.643. The molecule has 3 rings (SSSR count). The molecule has 0 spiro atoms. The van der Waals surface area contributed by atoms with Crippen molar-refractivity contribution in [1.82, 2.24) is 9.55 Å². The fourth-order valence-corrected chi connectivity index (χ4v) is 2.86. The molecule has 0 unspecified atom stereocenters. The Kier molecular flexibility index (Phi) is 2.11. The van der Waals surface area contributed by atoms with Crippen LogP contribution in [0.2, 0.25) is 0 Å². The first-order valence-corrected chi connectivity index (χ1v) is 5.91. The molecule has 0 radical (unpaired) electrons. The molecule has 0 bridgehead atoms. The van der Waals surface area contributed by atoms with Gasteiger partial charge in [0.2, 0.25) is 0 Å². The second-order valence-corrected chi connectivity index (χ2v) is 4.61. The maximum Gasteiger partial charge on any atom is 0.135 e. The summed E-state index contributed by atoms with van der Waals surface area (Å²) in [5.41, 5.74) is 2.56. The van der Waals surface area contributed by atoms with Gasteiger partial charge >= 0.3 is 0 Å². The van der Waals surface area contributed by atoms with Crippen LogP contribution in [0.1, 0.15) is 11.4 Å². The van der Waals surface area contributed by atoms with Gasteiger partial charge < -0.3 is 9.30 Å². The SMILES string of the molecule is Cc1ccsc1-c1cnc2n1CCOC2. The summed E-state index contributed by atoms with van der Waals surface area (Å²) in [6, 6.07) is 2.15. The predicted molar refractivity (Wildman–Crippen MR) is 59.9 cm³/mol. The van der Waals surface area contributed by atoms with Crippen LogP contribution in [0.15, 0.2) is 17.6 Å². The Hall–Kier alpha value is -1.13. The molecular formula is C11H12N2OS. The van der Waals surface area contributed by atoms with Crippen LogP contribution in [0.5, 0.6) is 0 Å². The average Bonchev–Trinajstić information content (AvgIpc) is 2.83. The fraction of sp³-hybridized carbons (Fsp3) is 0.364. The van der Waals surface area contributed by atoms with Crippen molar-refractivity contribution in [2.75, 3.05) is 6.61 Å². The Bertz CT molecular complexity index is 486. The molecule has 0 atom stereocenters. The van der Waals surface area contributed by atoms with Gasteiger partial charge in [-0.05, 0) is 23.9 Å². The fourth-order valence-electron chi connectivity index (χ4n) is 1.91. The molecule has 0 aromatic carbocycles. The number of aromatic nitrogens is 2. The molecule has 2 aromatic rings. The molecule has 0 saturated heterocycles. The topological polar surface area (TPSA) is 27.1 Å². The molecular weight excluding hydrogens is 208 g/mol. The standard InChI is InChI=1S/C11H12N2OS/c1-8-2-5-15-11(8)9-6-12-10-7-14-4-3-13(9)10/h2,5-6H,3-4,7H2,1H3. The van der Waals surface area contributed by atoms with Crippen LogP contribution in [-0.2, 0) is 17.9 Å². The lowest BCUT2D eigenvalue weighted by Gasteiger charge is -2.16. The summed E-state index contributed by atoms with van der Waals surface area (Å²) in [7, 11) is 0. The lowest BCUT2D eigenvalue weighted by Crippen LogP contribution is -2.17. The van der Waals surface area contributed by atoms with Crippen LogP contribution in [0.3, 0.4) is 0 Å². The second kappa shape index (κ2) is 3.47. The Labute approximate surface area is 92.3 Å². The number of nitrogens with zero attached hydrogens (tertiary/aromatic N) is 2. The summed E-state index contributed by atoms with van der Waals surface area (Å²) >= 11 is 1.78. The van der Waals surface area contributed by atoms with Crippen molar-refractivity contribution < 1.29 is 4.74 Å². The number of rotatable bonds is 1. The monoisotopic (exact) mass is 220 g/mol. The van der Waals surface area contributed by atoms with E-state index >= 15 is 0 Å². The van der Waals surface area contributed by atoms with E-state index in [0.29, 0.717) is 6.61 Å². The van der Waals surface area contributed by atoms with Crippen molar-refractivity contribution in [3.63, 3.8) is 0 Å². The summed E-state index contributed by atoms with van der Waals surface area (Å²) in [6.07, 6.45) is 1.96. The highest BCUT2D eigenvalue weighted by Crippen LogP contribution is 2.30. The van der Waals surface area contributed by atoms with Crippen LogP contribution < -0.4 is 0 Å². The van der Waals surface area contributed by atoms with E-state index < -0.39 is 0 Å². The van der Waals surface area contributed by atoms with Crippen molar-refractivity contribution in [2.45, 2.75) is 20.1 Å². The zero-order chi connectivity index (χ0) is 10.3. The summed E-state index contributed by atoms with van der Waals surface area (Å²) in [5.74, 6) is 1.05. The van der Waals surface area contributed by atoms with Crippen LogP contribution in [0, 0.1) is 6.92 Å². The molecule has 3 heterocycles. The van der Waals surface area contributed by atoms with E-state index in [4.69, 9.17) is 4.74 Å². The molecule has 15 heavy (non-hydrogen) atoms. The molecule has 2 aromatic heterocycles. The zero-order valence-corrected chi connectivity index (χ0v) is 9.38. The Morgan fingerprint density at radius 3 is 3.27 bits per heavy atom. The molecule has 0 fully saturated rings. The van der Waals surface area contributed by atoms with E-state index in [-0.39, 0.29) is 0 Å². The smallest absolute Gasteiger partial charge is 0.135 e. The first-order chi connectivity index (χ1) is 7.36. The number of imidazole rings is 1. The first-order valence-electron chi connectivity index (χ1n) is 5.03. The third kappa shape index (κ3) is 1.41. The lowest BCUT2D eigenvalue weighted by molar-refractivity contribution is 0.0822. The van der Waals surface area contributed by atoms with Gasteiger partial charge in [-0.2, -0.15) is 0 Å². The van der Waals surface area contributed by atoms with Gasteiger partial charge in [0, 0.05) is 6.54 Å². The third-order valence-electron chi connectivity index (χ3n) is 2.72. The Balaban J connectivity index is 2.13. The quantitative estimate of drug-likeness (QED) is 0.738. The van der Waals surface area contributed by atoms with Crippen molar-refractivity contribution >= 4 is 11.3 Å². The molecule has 0 aliphatic carbocycles. The third-order valence-corrected chi connectivity index (χ3v) is 3.76. The van der Waals surface area contributed by atoms with Gasteiger partial charge in [-0.15, -0.1) is 11.3 Å². The molecule has 3 nitrogen and oxygen atoms in total. The van der Waals surface area contributed by atoms with Gasteiger partial charge in [0.05, 0.1) is 23.4 Å². The Morgan fingerprint density at radius 2 is 2.47 bits per heavy atom. The van der Waals surface area contributed by atoms with Crippen LogP contribution in [0.25, 0.3) is 10.6 Å². The normalized spacial score (nSPS) is 15.3. The van der Waals surface area contributed by atoms with Gasteiger partial charge in [0.25, 0.3) is 0 Å². The molecule has 1 aliphatic heterocycles. The molecule has 0 N–H and O–H groups in total. The highest BCUT2D eigenvalue weighted by molar-refractivity contribution is 7.13. The Morgan fingerprint density at radius 1 is 1.53 bits per heavy atom. The van der Waals surface area contributed by atoms with Crippen LogP contribution in [-0.4, -0.2) is 16.2 Å². The molecule has 0 saturated carbocycles. The first kappa shape index (κ1) is 9.12. The highest BCUT2D eigenvalue weighted by Gasteiger charge is 2.16. The zero-order valence-electron chi connectivity index (χ0n) is 8.56. The predicted octanol–water partition coefficient (Wildman–Crippen LogP) is 2.45. The summed E-state index contributed by atoms with van der Waals surface area (Å²) in [4.78, 5) is 5.73. The van der Waals surface area contributed by atoms with Crippen LogP contribution in [0.4, 0.5) is 0 Å². The minimum Gasteiger partial charge on any atom is -0.372 e. The highest BCUT2D eigenvalue weighted by atomic mass is 32.1. The second-order valence-electron chi connectivity index (χ2n) is 3.70. The number of hydrogen-bond donors (Lipinski definition) is 0. The summed E-state index contributed by atoms with van der Waals surface area (Å²) in [5, 5.41) is 2.13. The molecule has 1 aliphatic rings. The van der Waals surface area contributed by atoms with Gasteiger partial charge in [0.15, 0.2) is 0 Å².